The van der Waals surface area contributed by atoms with Gasteiger partial charge in [-0.3, -0.25) is 4.99 Å². The standard InChI is InChI=1S/C23H24F3N3O/c1-2-16-13-21(27)29-22(28-12-11-15-3-9-19(30)10-4-15)14-20(16)17-5-7-18(8-6-17)23(24,25)26/h3-10,14,16,30H,2,11-13H2,1H3,(H2,27,28,29). The molecule has 4 nitrogen and oxygen atoms in total. The minimum Gasteiger partial charge on any atom is -0.508 e. The third-order valence-corrected chi connectivity index (χ3v) is 5.09. The number of phenols is 1. The van der Waals surface area contributed by atoms with Gasteiger partial charge in [0.25, 0.3) is 0 Å². The molecule has 3 N–H and O–H groups in total. The van der Waals surface area contributed by atoms with Gasteiger partial charge in [0, 0.05) is 13.0 Å². The third kappa shape index (κ3) is 5.49. The molecule has 0 aliphatic carbocycles. The molecule has 1 aliphatic heterocycles. The van der Waals surface area contributed by atoms with E-state index in [1.54, 1.807) is 12.1 Å². The number of nitrogens with zero attached hydrogens (tertiary/aromatic N) is 2. The lowest BCUT2D eigenvalue weighted by Gasteiger charge is -2.18. The normalized spacial score (nSPS) is 18.7. The largest absolute Gasteiger partial charge is 0.508 e. The molecular weight excluding hydrogens is 391 g/mol. The summed E-state index contributed by atoms with van der Waals surface area (Å²) in [5.74, 6) is 1.19. The highest BCUT2D eigenvalue weighted by atomic mass is 19.4. The van der Waals surface area contributed by atoms with Crippen LogP contribution in [0, 0.1) is 5.92 Å². The van der Waals surface area contributed by atoms with Gasteiger partial charge in [-0.1, -0.05) is 31.2 Å². The molecule has 0 aromatic heterocycles. The van der Waals surface area contributed by atoms with Crippen LogP contribution in [0.15, 0.2) is 64.6 Å². The van der Waals surface area contributed by atoms with Gasteiger partial charge in [0.05, 0.1) is 5.56 Å². The number of allylic oxidation sites excluding steroid dienone is 1. The number of alkyl halides is 3. The summed E-state index contributed by atoms with van der Waals surface area (Å²) >= 11 is 0. The van der Waals surface area contributed by atoms with Crippen molar-refractivity contribution >= 4 is 17.2 Å². The number of phenolic OH excluding ortho intramolecular Hbond substituents is 1. The van der Waals surface area contributed by atoms with Crippen molar-refractivity contribution in [3.63, 3.8) is 0 Å². The molecule has 7 heteroatoms. The molecule has 0 spiro atoms. The van der Waals surface area contributed by atoms with Crippen molar-refractivity contribution in [2.75, 3.05) is 6.54 Å². The van der Waals surface area contributed by atoms with Crippen molar-refractivity contribution in [3.8, 4) is 5.75 Å². The van der Waals surface area contributed by atoms with Crippen LogP contribution in [0.5, 0.6) is 5.75 Å². The zero-order chi connectivity index (χ0) is 21.7. The zero-order valence-electron chi connectivity index (χ0n) is 16.7. The number of amidine groups is 2. The fourth-order valence-electron chi connectivity index (χ4n) is 3.42. The first kappa shape index (κ1) is 21.6. The Bertz CT molecular complexity index is 959. The highest BCUT2D eigenvalue weighted by molar-refractivity contribution is 6.08. The average Bonchev–Trinajstić information content (AvgIpc) is 2.87. The van der Waals surface area contributed by atoms with Crippen molar-refractivity contribution < 1.29 is 18.3 Å². The minimum atomic E-state index is -4.37. The third-order valence-electron chi connectivity index (χ3n) is 5.09. The van der Waals surface area contributed by atoms with Crippen molar-refractivity contribution in [2.45, 2.75) is 32.4 Å². The summed E-state index contributed by atoms with van der Waals surface area (Å²) in [6.45, 7) is 2.49. The van der Waals surface area contributed by atoms with E-state index in [2.05, 4.69) is 9.98 Å². The number of aliphatic imine (C=N–C) groups is 2. The van der Waals surface area contributed by atoms with Gasteiger partial charge in [-0.15, -0.1) is 0 Å². The number of benzene rings is 2. The molecular formula is C23H24F3N3O. The van der Waals surface area contributed by atoms with Crippen LogP contribution in [0.2, 0.25) is 0 Å². The summed E-state index contributed by atoms with van der Waals surface area (Å²) in [7, 11) is 0. The molecule has 1 heterocycles. The number of aromatic hydroxyl groups is 1. The Morgan fingerprint density at radius 1 is 1.10 bits per heavy atom. The molecule has 0 saturated carbocycles. The second kappa shape index (κ2) is 9.15. The predicted octanol–water partition coefficient (Wildman–Crippen LogP) is 5.22. The van der Waals surface area contributed by atoms with E-state index in [4.69, 9.17) is 5.73 Å². The lowest BCUT2D eigenvalue weighted by Crippen LogP contribution is -2.17. The van der Waals surface area contributed by atoms with Crippen LogP contribution >= 0.6 is 0 Å². The van der Waals surface area contributed by atoms with Gasteiger partial charge in [0.2, 0.25) is 0 Å². The van der Waals surface area contributed by atoms with E-state index >= 15 is 0 Å². The minimum absolute atomic E-state index is 0.0512. The van der Waals surface area contributed by atoms with Crippen LogP contribution in [0.25, 0.3) is 5.57 Å². The lowest BCUT2D eigenvalue weighted by molar-refractivity contribution is -0.137. The van der Waals surface area contributed by atoms with E-state index in [0.717, 1.165) is 29.7 Å². The summed E-state index contributed by atoms with van der Waals surface area (Å²) in [4.78, 5) is 8.94. The summed E-state index contributed by atoms with van der Waals surface area (Å²) in [6.07, 6.45) is -0.563. The predicted molar refractivity (Wildman–Crippen MR) is 114 cm³/mol. The molecule has 1 atom stereocenters. The number of hydrogen-bond acceptors (Lipinski definition) is 3. The van der Waals surface area contributed by atoms with E-state index in [-0.39, 0.29) is 11.7 Å². The maximum Gasteiger partial charge on any atom is 0.416 e. The van der Waals surface area contributed by atoms with E-state index in [0.29, 0.717) is 36.6 Å². The highest BCUT2D eigenvalue weighted by Gasteiger charge is 2.30. The van der Waals surface area contributed by atoms with Crippen LogP contribution in [-0.2, 0) is 12.6 Å². The quantitative estimate of drug-likeness (QED) is 0.703. The van der Waals surface area contributed by atoms with Crippen LogP contribution in [0.3, 0.4) is 0 Å². The summed E-state index contributed by atoms with van der Waals surface area (Å²) < 4.78 is 38.7. The summed E-state index contributed by atoms with van der Waals surface area (Å²) in [6, 6.07) is 12.1. The summed E-state index contributed by atoms with van der Waals surface area (Å²) in [5.41, 5.74) is 8.03. The molecule has 0 radical (unpaired) electrons. The number of nitrogens with two attached hydrogens (primary N) is 1. The number of halogens is 3. The number of hydrogen-bond donors (Lipinski definition) is 2. The van der Waals surface area contributed by atoms with E-state index in [1.807, 2.05) is 25.1 Å². The van der Waals surface area contributed by atoms with Crippen LogP contribution in [0.1, 0.15) is 36.5 Å². The molecule has 3 rings (SSSR count). The van der Waals surface area contributed by atoms with Crippen LogP contribution in [0.4, 0.5) is 13.2 Å². The summed E-state index contributed by atoms with van der Waals surface area (Å²) in [5, 5.41) is 9.36. The van der Waals surface area contributed by atoms with Gasteiger partial charge in [0.1, 0.15) is 17.4 Å². The molecule has 1 unspecified atom stereocenters. The molecule has 0 fully saturated rings. The Kier molecular flexibility index (Phi) is 6.59. The first-order valence-corrected chi connectivity index (χ1v) is 9.81. The van der Waals surface area contributed by atoms with E-state index < -0.39 is 11.7 Å². The topological polar surface area (TPSA) is 71.0 Å². The highest BCUT2D eigenvalue weighted by Crippen LogP contribution is 2.34. The monoisotopic (exact) mass is 415 g/mol. The van der Waals surface area contributed by atoms with Crippen molar-refractivity contribution in [2.24, 2.45) is 21.6 Å². The molecule has 2 aromatic carbocycles. The fourth-order valence-corrected chi connectivity index (χ4v) is 3.42. The molecule has 158 valence electrons. The second-order valence-electron chi connectivity index (χ2n) is 7.24. The second-order valence-corrected chi connectivity index (χ2v) is 7.24. The Morgan fingerprint density at radius 3 is 2.37 bits per heavy atom. The van der Waals surface area contributed by atoms with Gasteiger partial charge in [-0.25, -0.2) is 4.99 Å². The molecule has 1 aliphatic rings. The van der Waals surface area contributed by atoms with Gasteiger partial charge >= 0.3 is 6.18 Å². The van der Waals surface area contributed by atoms with Gasteiger partial charge in [-0.05, 0) is 65.8 Å². The fraction of sp³-hybridized carbons (Fsp3) is 0.304. The van der Waals surface area contributed by atoms with Gasteiger partial charge in [0.15, 0.2) is 0 Å². The van der Waals surface area contributed by atoms with Crippen molar-refractivity contribution in [1.82, 2.24) is 0 Å². The van der Waals surface area contributed by atoms with Crippen molar-refractivity contribution in [3.05, 3.63) is 71.3 Å². The molecule has 0 saturated heterocycles. The number of rotatable bonds is 5. The van der Waals surface area contributed by atoms with E-state index in [1.165, 1.54) is 12.1 Å². The molecule has 30 heavy (non-hydrogen) atoms. The van der Waals surface area contributed by atoms with Crippen LogP contribution < -0.4 is 5.73 Å². The molecule has 0 amide bonds. The Morgan fingerprint density at radius 2 is 1.77 bits per heavy atom. The zero-order valence-corrected chi connectivity index (χ0v) is 16.7. The maximum atomic E-state index is 12.9. The van der Waals surface area contributed by atoms with Gasteiger partial charge < -0.3 is 10.8 Å². The van der Waals surface area contributed by atoms with Crippen LogP contribution in [-0.4, -0.2) is 23.3 Å². The Labute approximate surface area is 173 Å². The first-order chi connectivity index (χ1) is 14.3. The maximum absolute atomic E-state index is 12.9. The Hall–Kier alpha value is -3.09. The molecule has 0 bridgehead atoms. The Balaban J connectivity index is 1.86. The smallest absolute Gasteiger partial charge is 0.416 e. The van der Waals surface area contributed by atoms with Gasteiger partial charge in [-0.2, -0.15) is 13.2 Å². The SMILES string of the molecule is CCC1CC(N)=NC(=NCCc2ccc(O)cc2)C=C1c1ccc(C(F)(F)F)cc1. The molecule has 2 aromatic rings. The van der Waals surface area contributed by atoms with Crippen molar-refractivity contribution in [1.29, 1.82) is 0 Å². The average molecular weight is 415 g/mol. The lowest BCUT2D eigenvalue weighted by atomic mass is 9.87. The van der Waals surface area contributed by atoms with E-state index in [9.17, 15) is 18.3 Å². The first-order valence-electron chi connectivity index (χ1n) is 9.81.